The van der Waals surface area contributed by atoms with Gasteiger partial charge in [-0.3, -0.25) is 4.79 Å². The van der Waals surface area contributed by atoms with Gasteiger partial charge in [0.15, 0.2) is 5.82 Å². The van der Waals surface area contributed by atoms with Crippen LogP contribution in [0.1, 0.15) is 35.7 Å². The molecule has 6 rings (SSSR count). The molecular weight excluding hydrogens is 454 g/mol. The van der Waals surface area contributed by atoms with Gasteiger partial charge in [0.2, 0.25) is 0 Å². The van der Waals surface area contributed by atoms with E-state index in [2.05, 4.69) is 27.3 Å². The molecule has 0 bridgehead atoms. The van der Waals surface area contributed by atoms with Crippen LogP contribution in [0.4, 0.5) is 0 Å². The van der Waals surface area contributed by atoms with E-state index in [4.69, 9.17) is 20.2 Å². The summed E-state index contributed by atoms with van der Waals surface area (Å²) >= 11 is 0. The van der Waals surface area contributed by atoms with Crippen molar-refractivity contribution in [2.45, 2.75) is 44.9 Å². The van der Waals surface area contributed by atoms with Gasteiger partial charge in [0, 0.05) is 43.7 Å². The molecule has 8 heteroatoms. The molecule has 2 aromatic heterocycles. The van der Waals surface area contributed by atoms with E-state index in [9.17, 15) is 4.79 Å². The van der Waals surface area contributed by atoms with Gasteiger partial charge in [-0.1, -0.05) is 12.1 Å². The molecular formula is C28H33N5O3. The summed E-state index contributed by atoms with van der Waals surface area (Å²) in [6.45, 7) is 4.54. The van der Waals surface area contributed by atoms with Crippen molar-refractivity contribution in [2.75, 3.05) is 26.8 Å². The average molecular weight is 488 g/mol. The van der Waals surface area contributed by atoms with E-state index in [-0.39, 0.29) is 11.9 Å². The summed E-state index contributed by atoms with van der Waals surface area (Å²) in [6.07, 6.45) is 3.52. The van der Waals surface area contributed by atoms with Gasteiger partial charge >= 0.3 is 0 Å². The van der Waals surface area contributed by atoms with Crippen LogP contribution >= 0.6 is 0 Å². The number of ether oxygens (including phenoxy) is 2. The third-order valence-electron chi connectivity index (χ3n) is 7.31. The zero-order valence-electron chi connectivity index (χ0n) is 21.2. The molecule has 1 aliphatic heterocycles. The van der Waals surface area contributed by atoms with Crippen molar-refractivity contribution in [3.63, 3.8) is 0 Å². The third kappa shape index (κ3) is 3.94. The Hall–Kier alpha value is -3.36. The molecule has 8 nitrogen and oxygen atoms in total. The van der Waals surface area contributed by atoms with Crippen LogP contribution in [0.2, 0.25) is 0 Å². The molecule has 2 aliphatic rings. The number of nitrogens with two attached hydrogens (primary N) is 1. The molecule has 0 radical (unpaired) electrons. The van der Waals surface area contributed by atoms with Crippen molar-refractivity contribution >= 4 is 27.8 Å². The Morgan fingerprint density at radius 3 is 2.81 bits per heavy atom. The van der Waals surface area contributed by atoms with Gasteiger partial charge < -0.3 is 29.2 Å². The van der Waals surface area contributed by atoms with Gasteiger partial charge in [-0.15, -0.1) is 0 Å². The Morgan fingerprint density at radius 2 is 2.06 bits per heavy atom. The standard InChI is InChI=1S/C28H33N5O3/c1-17(29)16-32-10-9-18-13-23-22(15-21(18)28(32)34)30-27(31(23)2)24-14-19-5-4-6-25(35-3)26(19)33(24)11-12-36-20-7-8-20/h4-6,13-15,17,20H,7-12,16,29H2,1-3H3/t17-/m1/s1. The van der Waals surface area contributed by atoms with E-state index in [1.165, 1.54) is 0 Å². The smallest absolute Gasteiger partial charge is 0.254 e. The number of hydrogen-bond donors (Lipinski definition) is 1. The van der Waals surface area contributed by atoms with E-state index in [1.54, 1.807) is 7.11 Å². The molecule has 4 aromatic rings. The average Bonchev–Trinajstić information content (AvgIpc) is 3.54. The Morgan fingerprint density at radius 1 is 1.22 bits per heavy atom. The molecule has 2 N–H and O–H groups in total. The van der Waals surface area contributed by atoms with Gasteiger partial charge in [0.05, 0.1) is 42.1 Å². The van der Waals surface area contributed by atoms with Crippen molar-refractivity contribution in [1.29, 1.82) is 0 Å². The molecule has 0 spiro atoms. The monoisotopic (exact) mass is 487 g/mol. The molecule has 1 amide bonds. The molecule has 36 heavy (non-hydrogen) atoms. The van der Waals surface area contributed by atoms with Crippen LogP contribution in [-0.4, -0.2) is 63.9 Å². The van der Waals surface area contributed by atoms with Gasteiger partial charge in [0.25, 0.3) is 5.91 Å². The Labute approximate surface area is 210 Å². The van der Waals surface area contributed by atoms with Crippen molar-refractivity contribution < 1.29 is 14.3 Å². The normalized spacial score (nSPS) is 16.7. The summed E-state index contributed by atoms with van der Waals surface area (Å²) < 4.78 is 16.1. The summed E-state index contributed by atoms with van der Waals surface area (Å²) in [6, 6.07) is 12.3. The fourth-order valence-electron chi connectivity index (χ4n) is 5.38. The number of aromatic nitrogens is 3. The number of methoxy groups -OCH3 is 1. The molecule has 1 atom stereocenters. The van der Waals surface area contributed by atoms with Crippen molar-refractivity contribution in [3.8, 4) is 17.3 Å². The Kier molecular flexibility index (Phi) is 5.73. The van der Waals surface area contributed by atoms with Crippen LogP contribution in [0.15, 0.2) is 36.4 Å². The topological polar surface area (TPSA) is 87.5 Å². The summed E-state index contributed by atoms with van der Waals surface area (Å²) in [5, 5.41) is 1.10. The first-order valence-corrected chi connectivity index (χ1v) is 12.8. The van der Waals surface area contributed by atoms with E-state index >= 15 is 0 Å². The van der Waals surface area contributed by atoms with Crippen LogP contribution in [0, 0.1) is 0 Å². The van der Waals surface area contributed by atoms with E-state index < -0.39 is 0 Å². The van der Waals surface area contributed by atoms with Gasteiger partial charge in [-0.05, 0) is 56.0 Å². The zero-order valence-corrected chi connectivity index (χ0v) is 21.2. The fourth-order valence-corrected chi connectivity index (χ4v) is 5.38. The van der Waals surface area contributed by atoms with E-state index in [0.29, 0.717) is 32.3 Å². The van der Waals surface area contributed by atoms with Crippen LogP contribution < -0.4 is 10.5 Å². The number of rotatable bonds is 8. The van der Waals surface area contributed by atoms with Crippen LogP contribution in [0.3, 0.4) is 0 Å². The first kappa shape index (κ1) is 23.1. The van der Waals surface area contributed by atoms with Crippen molar-refractivity contribution in [3.05, 3.63) is 47.5 Å². The van der Waals surface area contributed by atoms with Crippen LogP contribution in [0.25, 0.3) is 33.5 Å². The zero-order chi connectivity index (χ0) is 25.0. The minimum Gasteiger partial charge on any atom is -0.495 e. The highest BCUT2D eigenvalue weighted by atomic mass is 16.5. The summed E-state index contributed by atoms with van der Waals surface area (Å²) in [7, 11) is 3.75. The second kappa shape index (κ2) is 8.94. The maximum atomic E-state index is 13.2. The van der Waals surface area contributed by atoms with Crippen molar-refractivity contribution in [2.24, 2.45) is 12.8 Å². The Balaban J connectivity index is 1.45. The number of benzene rings is 2. The number of imidazole rings is 1. The van der Waals surface area contributed by atoms with Crippen molar-refractivity contribution in [1.82, 2.24) is 19.0 Å². The molecule has 2 aromatic carbocycles. The number of fused-ring (bicyclic) bond motifs is 3. The maximum absolute atomic E-state index is 13.2. The first-order valence-electron chi connectivity index (χ1n) is 12.8. The fraction of sp³-hybridized carbons (Fsp3) is 0.429. The Bertz CT molecular complexity index is 1460. The third-order valence-corrected chi connectivity index (χ3v) is 7.31. The lowest BCUT2D eigenvalue weighted by atomic mass is 9.97. The molecule has 188 valence electrons. The molecule has 0 saturated heterocycles. The number of aryl methyl sites for hydroxylation is 1. The predicted molar refractivity (Wildman–Crippen MR) is 140 cm³/mol. The highest BCUT2D eigenvalue weighted by Crippen LogP contribution is 2.36. The number of carbonyl (C=O) groups is 1. The minimum absolute atomic E-state index is 0.0405. The number of carbonyl (C=O) groups excluding carboxylic acids is 1. The lowest BCUT2D eigenvalue weighted by molar-refractivity contribution is 0.0732. The summed E-state index contributed by atoms with van der Waals surface area (Å²) in [4.78, 5) is 20.1. The minimum atomic E-state index is -0.0523. The largest absolute Gasteiger partial charge is 0.495 e. The van der Waals surface area contributed by atoms with E-state index in [1.807, 2.05) is 37.1 Å². The van der Waals surface area contributed by atoms with Gasteiger partial charge in [0.1, 0.15) is 5.75 Å². The number of nitrogens with zero attached hydrogens (tertiary/aromatic N) is 4. The number of hydrogen-bond acceptors (Lipinski definition) is 5. The lowest BCUT2D eigenvalue weighted by Crippen LogP contribution is -2.43. The number of para-hydroxylation sites is 1. The molecule has 1 saturated carbocycles. The van der Waals surface area contributed by atoms with E-state index in [0.717, 1.165) is 69.6 Å². The SMILES string of the molecule is COc1cccc2cc(-c3nc4cc5c(cc4n3C)CCN(C[C@@H](C)N)C5=O)n(CCOC3CC3)c12. The second-order valence-electron chi connectivity index (χ2n) is 10.1. The molecule has 0 unspecified atom stereocenters. The molecule has 1 aliphatic carbocycles. The summed E-state index contributed by atoms with van der Waals surface area (Å²) in [5.41, 5.74) is 11.7. The second-order valence-corrected chi connectivity index (χ2v) is 10.1. The van der Waals surface area contributed by atoms with Crippen LogP contribution in [-0.2, 0) is 24.8 Å². The molecule has 1 fully saturated rings. The quantitative estimate of drug-likeness (QED) is 0.409. The predicted octanol–water partition coefficient (Wildman–Crippen LogP) is 3.73. The highest BCUT2D eigenvalue weighted by Gasteiger charge is 2.27. The maximum Gasteiger partial charge on any atom is 0.254 e. The molecule has 3 heterocycles. The highest BCUT2D eigenvalue weighted by molar-refractivity contribution is 6.01. The van der Waals surface area contributed by atoms with Crippen LogP contribution in [0.5, 0.6) is 5.75 Å². The lowest BCUT2D eigenvalue weighted by Gasteiger charge is -2.29. The van der Waals surface area contributed by atoms with Gasteiger partial charge in [-0.25, -0.2) is 4.98 Å². The van der Waals surface area contributed by atoms with Gasteiger partial charge in [-0.2, -0.15) is 0 Å². The number of amides is 1. The first-order chi connectivity index (χ1) is 17.4. The summed E-state index contributed by atoms with van der Waals surface area (Å²) in [5.74, 6) is 1.73.